The normalized spacial score (nSPS) is 12.3. The van der Waals surface area contributed by atoms with E-state index in [1.807, 2.05) is 45.9 Å². The van der Waals surface area contributed by atoms with Crippen LogP contribution in [0.15, 0.2) is 54.6 Å². The first-order valence-electron chi connectivity index (χ1n) is 18.1. The third kappa shape index (κ3) is 9.72. The molecule has 2 heterocycles. The van der Waals surface area contributed by atoms with Crippen LogP contribution in [0.25, 0.3) is 42.3 Å². The zero-order valence-electron chi connectivity index (χ0n) is 32.2. The summed E-state index contributed by atoms with van der Waals surface area (Å²) in [6.07, 6.45) is 7.61. The monoisotopic (exact) mass is 881 g/mol. The number of aliphatic hydroxyl groups is 1. The zero-order valence-corrected chi connectivity index (χ0v) is 35.5. The van der Waals surface area contributed by atoms with Gasteiger partial charge < -0.3 is 5.11 Å². The maximum absolute atomic E-state index is 11.7. The Morgan fingerprint density at radius 1 is 0.922 bits per heavy atom. The Labute approximate surface area is 323 Å². The molecule has 5 rings (SSSR count). The smallest absolute Gasteiger partial charge is 0.162 e. The quantitative estimate of drug-likeness (QED) is 0.0905. The number of nitrogens with zero attached hydrogens (tertiary/aromatic N) is 3. The van der Waals surface area contributed by atoms with Gasteiger partial charge in [-0.05, 0) is 61.0 Å². The van der Waals surface area contributed by atoms with Crippen LogP contribution in [-0.2, 0) is 36.7 Å². The van der Waals surface area contributed by atoms with Gasteiger partial charge in [0.15, 0.2) is 5.78 Å². The van der Waals surface area contributed by atoms with Crippen molar-refractivity contribution in [1.82, 2.24) is 9.97 Å². The van der Waals surface area contributed by atoms with Crippen molar-refractivity contribution in [3.8, 4) is 17.3 Å². The van der Waals surface area contributed by atoms with E-state index in [4.69, 9.17) is 9.97 Å². The number of aromatic nitrogens is 2. The van der Waals surface area contributed by atoms with E-state index in [-0.39, 0.29) is 54.3 Å². The molecule has 0 saturated carbocycles. The van der Waals surface area contributed by atoms with E-state index < -0.39 is 0 Å². The van der Waals surface area contributed by atoms with Crippen LogP contribution in [0.2, 0.25) is 0 Å². The van der Waals surface area contributed by atoms with Crippen molar-refractivity contribution in [2.75, 3.05) is 0 Å². The van der Waals surface area contributed by atoms with Gasteiger partial charge in [0, 0.05) is 64.1 Å². The molecule has 0 fully saturated rings. The first-order chi connectivity index (χ1) is 23.6. The second-order valence-electron chi connectivity index (χ2n) is 15.7. The third-order valence-electron chi connectivity index (χ3n) is 9.64. The molecule has 0 bridgehead atoms. The fourth-order valence-electron chi connectivity index (χ4n) is 6.65. The van der Waals surface area contributed by atoms with Crippen LogP contribution in [0.4, 0.5) is 0 Å². The average molecular weight is 881 g/mol. The number of rotatable bonds is 9. The van der Waals surface area contributed by atoms with Crippen molar-refractivity contribution >= 4 is 48.2 Å². The summed E-state index contributed by atoms with van der Waals surface area (Å²) in [5.74, 6) is 0.547. The standard InChI is InChI=1S/C31H30N3S.C13H24O2.Ir/c1-18-20(15-30(2,3)4)9-11-24-27-29(35-28(18)24)26(33-17-34-27)22-13-21-12-19(16-32)8-10-23(21)25(14-22)31(5,6)7;1-5-10(6-2)12(14)9-13(15)11(7-3)8-4;/h8-12,14,17H,15H2,1-7H3;9-11,14H,5-8H2,1-4H3;/q-1;;/b;12-9-;. The number of nitriles is 1. The van der Waals surface area contributed by atoms with Crippen molar-refractivity contribution in [1.29, 1.82) is 5.26 Å². The minimum absolute atomic E-state index is 0. The van der Waals surface area contributed by atoms with Crippen LogP contribution < -0.4 is 0 Å². The van der Waals surface area contributed by atoms with E-state index in [1.165, 1.54) is 32.9 Å². The first kappa shape index (κ1) is 42.0. The van der Waals surface area contributed by atoms with E-state index in [0.29, 0.717) is 5.56 Å². The Hall–Kier alpha value is -3.43. The summed E-state index contributed by atoms with van der Waals surface area (Å²) in [6.45, 7) is 23.8. The molecule has 1 N–H and O–H groups in total. The van der Waals surface area contributed by atoms with Gasteiger partial charge >= 0.3 is 0 Å². The zero-order chi connectivity index (χ0) is 37.0. The SMILES string of the molecule is CCC(CC)C(=O)/C=C(\O)C(CC)CC.Cc1c(CC(C)(C)C)ccc2c1sc1c(-c3[c-]c4cc(C#N)ccc4c(C(C)(C)C)c3)ncnc12.[Ir]. The van der Waals surface area contributed by atoms with Crippen molar-refractivity contribution in [2.45, 2.75) is 114 Å². The van der Waals surface area contributed by atoms with E-state index >= 15 is 0 Å². The molecule has 3 aromatic carbocycles. The number of aryl methyl sites for hydroxylation is 1. The molecule has 0 aliphatic rings. The fraction of sp³-hybridized carbons (Fsp3) is 0.455. The van der Waals surface area contributed by atoms with E-state index in [1.54, 1.807) is 17.7 Å². The molecule has 0 aliphatic heterocycles. The maximum atomic E-state index is 11.7. The molecule has 0 saturated heterocycles. The number of hydrogen-bond acceptors (Lipinski definition) is 6. The summed E-state index contributed by atoms with van der Waals surface area (Å²) in [7, 11) is 0. The number of fused-ring (bicyclic) bond motifs is 4. The number of carbonyl (C=O) groups excluding carboxylic acids is 1. The van der Waals surface area contributed by atoms with E-state index in [2.05, 4.69) is 78.8 Å². The summed E-state index contributed by atoms with van der Waals surface area (Å²) >= 11 is 1.78. The molecule has 5 nitrogen and oxygen atoms in total. The third-order valence-corrected chi connectivity index (χ3v) is 11.0. The molecule has 0 unspecified atom stereocenters. The molecule has 0 aliphatic carbocycles. The van der Waals surface area contributed by atoms with E-state index in [9.17, 15) is 15.2 Å². The largest absolute Gasteiger partial charge is 0.512 e. The molecule has 273 valence electrons. The maximum Gasteiger partial charge on any atom is 0.162 e. The van der Waals surface area contributed by atoms with Crippen LogP contribution in [0.3, 0.4) is 0 Å². The van der Waals surface area contributed by atoms with Gasteiger partial charge in [-0.15, -0.1) is 40.5 Å². The predicted octanol–water partition coefficient (Wildman–Crippen LogP) is 12.4. The van der Waals surface area contributed by atoms with Crippen LogP contribution in [0.5, 0.6) is 0 Å². The second kappa shape index (κ2) is 17.4. The Bertz CT molecular complexity index is 2070. The van der Waals surface area contributed by atoms with Crippen molar-refractivity contribution in [3.05, 3.63) is 82.9 Å². The fourth-order valence-corrected chi connectivity index (χ4v) is 7.93. The van der Waals surface area contributed by atoms with Gasteiger partial charge in [0.1, 0.15) is 6.33 Å². The minimum Gasteiger partial charge on any atom is -0.512 e. The minimum atomic E-state index is -0.0684. The number of carbonyl (C=O) groups is 1. The Kier molecular flexibility index (Phi) is 14.3. The number of allylic oxidation sites excluding steroid dienone is 2. The van der Waals surface area contributed by atoms with Crippen LogP contribution in [0.1, 0.15) is 117 Å². The van der Waals surface area contributed by atoms with Gasteiger partial charge in [0.2, 0.25) is 0 Å². The van der Waals surface area contributed by atoms with Gasteiger partial charge in [0.05, 0.1) is 17.3 Å². The number of benzene rings is 3. The number of hydrogen-bond donors (Lipinski definition) is 1. The van der Waals surface area contributed by atoms with E-state index in [0.717, 1.165) is 64.4 Å². The van der Waals surface area contributed by atoms with Crippen molar-refractivity contribution in [3.63, 3.8) is 0 Å². The Morgan fingerprint density at radius 2 is 1.55 bits per heavy atom. The van der Waals surface area contributed by atoms with Crippen molar-refractivity contribution in [2.24, 2.45) is 17.3 Å². The van der Waals surface area contributed by atoms with Gasteiger partial charge in [0.25, 0.3) is 0 Å². The summed E-state index contributed by atoms with van der Waals surface area (Å²) in [6, 6.07) is 18.4. The van der Waals surface area contributed by atoms with Gasteiger partial charge in [-0.2, -0.15) is 5.26 Å². The van der Waals surface area contributed by atoms with Crippen LogP contribution in [-0.4, -0.2) is 20.9 Å². The number of aliphatic hydroxyl groups excluding tert-OH is 1. The van der Waals surface area contributed by atoms with Gasteiger partial charge in [-0.3, -0.25) is 9.78 Å². The molecule has 2 aromatic heterocycles. The molecule has 7 heteroatoms. The van der Waals surface area contributed by atoms with Crippen molar-refractivity contribution < 1.29 is 30.0 Å². The average Bonchev–Trinajstić information content (AvgIpc) is 3.45. The molecule has 1 radical (unpaired) electrons. The molecule has 5 aromatic rings. The number of thiophene rings is 1. The van der Waals surface area contributed by atoms with Gasteiger partial charge in [-0.1, -0.05) is 104 Å². The van der Waals surface area contributed by atoms with Gasteiger partial charge in [-0.25, -0.2) is 4.98 Å². The summed E-state index contributed by atoms with van der Waals surface area (Å²) in [5.41, 5.74) is 7.60. The molecule has 0 spiro atoms. The predicted molar refractivity (Wildman–Crippen MR) is 212 cm³/mol. The molecule has 0 atom stereocenters. The van der Waals surface area contributed by atoms with Crippen LogP contribution >= 0.6 is 11.3 Å². The Morgan fingerprint density at radius 3 is 2.12 bits per heavy atom. The topological polar surface area (TPSA) is 86.9 Å². The first-order valence-corrected chi connectivity index (χ1v) is 18.9. The number of ketones is 1. The molecule has 0 amide bonds. The Balaban J connectivity index is 0.000000374. The second-order valence-corrected chi connectivity index (χ2v) is 16.7. The van der Waals surface area contributed by atoms with Crippen LogP contribution in [0, 0.1) is 41.6 Å². The summed E-state index contributed by atoms with van der Waals surface area (Å²) < 4.78 is 2.37. The summed E-state index contributed by atoms with van der Waals surface area (Å²) in [5, 5.41) is 22.5. The molecular formula is C44H54IrN3O2S-. The summed E-state index contributed by atoms with van der Waals surface area (Å²) in [4.78, 5) is 21.2. The molecule has 51 heavy (non-hydrogen) atoms. The molecular weight excluding hydrogens is 827 g/mol.